The second-order valence-electron chi connectivity index (χ2n) is 7.65. The van der Waals surface area contributed by atoms with Crippen molar-refractivity contribution in [2.45, 2.75) is 31.2 Å². The van der Waals surface area contributed by atoms with Crippen LogP contribution in [0.3, 0.4) is 0 Å². The minimum Gasteiger partial charge on any atom is -0.389 e. The van der Waals surface area contributed by atoms with Crippen LogP contribution in [0, 0.1) is 0 Å². The number of nitrogens with zero attached hydrogens (tertiary/aromatic N) is 1. The molecule has 0 radical (unpaired) electrons. The first kappa shape index (κ1) is 23.2. The number of methoxy groups -OCH3 is 1. The van der Waals surface area contributed by atoms with Crippen LogP contribution in [0.2, 0.25) is 0 Å². The van der Waals surface area contributed by atoms with Crippen LogP contribution in [0.1, 0.15) is 28.3 Å². The number of aliphatic hydroxyl groups is 1. The number of nitrogens with one attached hydrogen (secondary N) is 1. The molecule has 3 rings (SSSR count). The van der Waals surface area contributed by atoms with Gasteiger partial charge in [0.05, 0.1) is 30.9 Å². The Balaban J connectivity index is 1.83. The van der Waals surface area contributed by atoms with Crippen LogP contribution < -0.4 is 5.32 Å². The molecule has 0 saturated heterocycles. The maximum atomic E-state index is 13.5. The summed E-state index contributed by atoms with van der Waals surface area (Å²) in [6, 6.07) is 12.6. The molecule has 1 aliphatic rings. The second kappa shape index (κ2) is 10.3. The zero-order valence-electron chi connectivity index (χ0n) is 17.4. The van der Waals surface area contributed by atoms with Crippen molar-refractivity contribution in [3.63, 3.8) is 0 Å². The molecule has 0 fully saturated rings. The highest BCUT2D eigenvalue weighted by Gasteiger charge is 2.36. The Hall–Kier alpha value is -2.42. The number of benzene rings is 2. The molecule has 1 amide bonds. The topological polar surface area (TPSA) is 61.8 Å². The third kappa shape index (κ3) is 5.84. The van der Waals surface area contributed by atoms with Crippen molar-refractivity contribution in [1.29, 1.82) is 0 Å². The second-order valence-corrected chi connectivity index (χ2v) is 7.65. The number of hydrogen-bond acceptors (Lipinski definition) is 4. The maximum absolute atomic E-state index is 13.5. The molecule has 2 atom stereocenters. The molecule has 5 nitrogen and oxygen atoms in total. The maximum Gasteiger partial charge on any atom is 0.416 e. The Morgan fingerprint density at radius 3 is 2.68 bits per heavy atom. The van der Waals surface area contributed by atoms with Gasteiger partial charge in [-0.25, -0.2) is 0 Å². The molecule has 0 aliphatic carbocycles. The standard InChI is InChI=1S/C23H27F3N2O3/c1-31-15-18(29)13-27-14-22(30)28-11-10-16-6-2-4-8-19(16)21(28)12-17-7-3-5-9-20(17)23(24,25)26/h2-9,18,21,27,29H,10-15H2,1H3/t18-,21?/m0/s1. The van der Waals surface area contributed by atoms with Gasteiger partial charge in [-0.2, -0.15) is 13.2 Å². The van der Waals surface area contributed by atoms with Gasteiger partial charge >= 0.3 is 6.18 Å². The monoisotopic (exact) mass is 436 g/mol. The van der Waals surface area contributed by atoms with Gasteiger partial charge in [0.1, 0.15) is 0 Å². The number of halogens is 3. The molecule has 0 spiro atoms. The molecule has 0 aromatic heterocycles. The fourth-order valence-electron chi connectivity index (χ4n) is 4.05. The first-order valence-electron chi connectivity index (χ1n) is 10.2. The minimum atomic E-state index is -4.46. The molecule has 2 aromatic rings. The number of hydrogen-bond donors (Lipinski definition) is 2. The first-order valence-corrected chi connectivity index (χ1v) is 10.2. The summed E-state index contributed by atoms with van der Waals surface area (Å²) in [6.45, 7) is 0.748. The van der Waals surface area contributed by atoms with E-state index in [1.165, 1.54) is 19.2 Å². The molecule has 31 heavy (non-hydrogen) atoms. The van der Waals surface area contributed by atoms with E-state index in [-0.39, 0.29) is 37.6 Å². The van der Waals surface area contributed by atoms with E-state index in [9.17, 15) is 23.1 Å². The number of fused-ring (bicyclic) bond motifs is 1. The highest BCUT2D eigenvalue weighted by atomic mass is 19.4. The summed E-state index contributed by atoms with van der Waals surface area (Å²) in [5, 5.41) is 12.6. The fraction of sp³-hybridized carbons (Fsp3) is 0.435. The van der Waals surface area contributed by atoms with Gasteiger partial charge in [-0.3, -0.25) is 4.79 Å². The van der Waals surface area contributed by atoms with Crippen molar-refractivity contribution in [3.8, 4) is 0 Å². The summed E-state index contributed by atoms with van der Waals surface area (Å²) in [6.07, 6.45) is -4.48. The molecular weight excluding hydrogens is 409 g/mol. The Kier molecular flexibility index (Phi) is 7.69. The van der Waals surface area contributed by atoms with Crippen molar-refractivity contribution in [3.05, 3.63) is 70.8 Å². The van der Waals surface area contributed by atoms with Gasteiger partial charge in [0.25, 0.3) is 0 Å². The van der Waals surface area contributed by atoms with E-state index >= 15 is 0 Å². The molecule has 1 unspecified atom stereocenters. The summed E-state index contributed by atoms with van der Waals surface area (Å²) in [5.41, 5.74) is 1.41. The van der Waals surface area contributed by atoms with Crippen LogP contribution in [0.25, 0.3) is 0 Å². The number of alkyl halides is 3. The van der Waals surface area contributed by atoms with Crippen LogP contribution in [0.15, 0.2) is 48.5 Å². The predicted octanol–water partition coefficient (Wildman–Crippen LogP) is 2.97. The lowest BCUT2D eigenvalue weighted by molar-refractivity contribution is -0.138. The Labute approximate surface area is 179 Å². The van der Waals surface area contributed by atoms with Crippen LogP contribution >= 0.6 is 0 Å². The van der Waals surface area contributed by atoms with Gasteiger partial charge < -0.3 is 20.1 Å². The molecule has 1 heterocycles. The van der Waals surface area contributed by atoms with E-state index in [1.54, 1.807) is 11.0 Å². The van der Waals surface area contributed by atoms with E-state index < -0.39 is 23.9 Å². The van der Waals surface area contributed by atoms with E-state index in [1.807, 2.05) is 24.3 Å². The highest BCUT2D eigenvalue weighted by molar-refractivity contribution is 5.79. The van der Waals surface area contributed by atoms with Gasteiger partial charge in [-0.05, 0) is 35.6 Å². The third-order valence-corrected chi connectivity index (χ3v) is 5.48. The number of carbonyl (C=O) groups is 1. The van der Waals surface area contributed by atoms with Crippen LogP contribution in [0.4, 0.5) is 13.2 Å². The van der Waals surface area contributed by atoms with Crippen molar-refractivity contribution in [2.24, 2.45) is 0 Å². The summed E-state index contributed by atoms with van der Waals surface area (Å²) in [4.78, 5) is 14.6. The summed E-state index contributed by atoms with van der Waals surface area (Å²) in [5.74, 6) is -0.214. The van der Waals surface area contributed by atoms with E-state index in [2.05, 4.69) is 5.32 Å². The Morgan fingerprint density at radius 2 is 1.94 bits per heavy atom. The van der Waals surface area contributed by atoms with Gasteiger partial charge in [-0.1, -0.05) is 42.5 Å². The summed E-state index contributed by atoms with van der Waals surface area (Å²) >= 11 is 0. The lowest BCUT2D eigenvalue weighted by Crippen LogP contribution is -2.46. The average Bonchev–Trinajstić information content (AvgIpc) is 2.73. The van der Waals surface area contributed by atoms with Crippen molar-refractivity contribution in [1.82, 2.24) is 10.2 Å². The molecule has 0 saturated carbocycles. The number of carbonyl (C=O) groups excluding carboxylic acids is 1. The van der Waals surface area contributed by atoms with Crippen LogP contribution in [0.5, 0.6) is 0 Å². The fourth-order valence-corrected chi connectivity index (χ4v) is 4.05. The van der Waals surface area contributed by atoms with Crippen molar-refractivity contribution >= 4 is 5.91 Å². The third-order valence-electron chi connectivity index (χ3n) is 5.48. The molecule has 168 valence electrons. The van der Waals surface area contributed by atoms with Gasteiger partial charge in [0.15, 0.2) is 0 Å². The minimum absolute atomic E-state index is 0.0135. The largest absolute Gasteiger partial charge is 0.416 e. The Morgan fingerprint density at radius 1 is 1.23 bits per heavy atom. The molecule has 0 bridgehead atoms. The van der Waals surface area contributed by atoms with Gasteiger partial charge in [0.2, 0.25) is 5.91 Å². The SMILES string of the molecule is COC[C@@H](O)CNCC(=O)N1CCc2ccccc2C1Cc1ccccc1C(F)(F)F. The van der Waals surface area contributed by atoms with E-state index in [0.717, 1.165) is 17.2 Å². The first-order chi connectivity index (χ1) is 14.8. The van der Waals surface area contributed by atoms with Gasteiger partial charge in [0, 0.05) is 20.2 Å². The molecule has 2 N–H and O–H groups in total. The van der Waals surface area contributed by atoms with Gasteiger partial charge in [-0.15, -0.1) is 0 Å². The lowest BCUT2D eigenvalue weighted by Gasteiger charge is -2.38. The van der Waals surface area contributed by atoms with E-state index in [0.29, 0.717) is 13.0 Å². The lowest BCUT2D eigenvalue weighted by atomic mass is 9.87. The van der Waals surface area contributed by atoms with Crippen molar-refractivity contribution in [2.75, 3.05) is 33.4 Å². The number of rotatable bonds is 8. The zero-order chi connectivity index (χ0) is 22.4. The van der Waals surface area contributed by atoms with Crippen molar-refractivity contribution < 1.29 is 27.8 Å². The number of amides is 1. The molecule has 1 aliphatic heterocycles. The van der Waals surface area contributed by atoms with E-state index in [4.69, 9.17) is 4.74 Å². The number of ether oxygens (including phenoxy) is 1. The predicted molar refractivity (Wildman–Crippen MR) is 111 cm³/mol. The summed E-state index contributed by atoms with van der Waals surface area (Å²) < 4.78 is 45.5. The highest BCUT2D eigenvalue weighted by Crippen LogP contribution is 2.37. The number of aliphatic hydroxyl groups excluding tert-OH is 1. The summed E-state index contributed by atoms with van der Waals surface area (Å²) in [7, 11) is 1.48. The quantitative estimate of drug-likeness (QED) is 0.668. The average molecular weight is 436 g/mol. The smallest absolute Gasteiger partial charge is 0.389 e. The molecule has 2 aromatic carbocycles. The van der Waals surface area contributed by atoms with Crippen LogP contribution in [-0.2, 0) is 28.5 Å². The zero-order valence-corrected chi connectivity index (χ0v) is 17.4. The molecular formula is C23H27F3N2O3. The van der Waals surface area contributed by atoms with Crippen LogP contribution in [-0.4, -0.2) is 55.4 Å². The Bertz CT molecular complexity index is 888. The normalized spacial score (nSPS) is 17.3. The molecule has 8 heteroatoms.